The van der Waals surface area contributed by atoms with Crippen LogP contribution in [0, 0.1) is 5.92 Å². The second kappa shape index (κ2) is 7.49. The molecular weight excluding hydrogens is 328 g/mol. The molecule has 0 aliphatic carbocycles. The van der Waals surface area contributed by atoms with E-state index in [-0.39, 0.29) is 11.8 Å². The van der Waals surface area contributed by atoms with Gasteiger partial charge in [0.25, 0.3) is 0 Å². The Balaban J connectivity index is 1.58. The van der Waals surface area contributed by atoms with Crippen LogP contribution in [-0.2, 0) is 4.79 Å². The van der Waals surface area contributed by atoms with Crippen LogP contribution in [0.2, 0.25) is 5.02 Å². The van der Waals surface area contributed by atoms with Gasteiger partial charge in [0.05, 0.1) is 12.1 Å². The number of hydrogen-bond donors (Lipinski definition) is 1. The van der Waals surface area contributed by atoms with Crippen LogP contribution in [0.1, 0.15) is 12.8 Å². The molecule has 0 bridgehead atoms. The summed E-state index contributed by atoms with van der Waals surface area (Å²) in [6, 6.07) is 7.30. The van der Waals surface area contributed by atoms with Crippen LogP contribution in [0.25, 0.3) is 0 Å². The lowest BCUT2D eigenvalue weighted by atomic mass is 9.96. The first-order valence-electron chi connectivity index (χ1n) is 7.84. The van der Waals surface area contributed by atoms with Crippen LogP contribution in [0.15, 0.2) is 36.7 Å². The van der Waals surface area contributed by atoms with E-state index in [1.54, 1.807) is 24.5 Å². The minimum Gasteiger partial charge on any atom is -0.480 e. The van der Waals surface area contributed by atoms with E-state index in [0.29, 0.717) is 16.6 Å². The maximum atomic E-state index is 12.5. The number of anilines is 2. The monoisotopic (exact) mass is 346 g/mol. The van der Waals surface area contributed by atoms with Crippen LogP contribution in [0.3, 0.4) is 0 Å². The van der Waals surface area contributed by atoms with Gasteiger partial charge in [-0.3, -0.25) is 4.79 Å². The lowest BCUT2D eigenvalue weighted by molar-refractivity contribution is -0.120. The highest BCUT2D eigenvalue weighted by Gasteiger charge is 2.26. The number of hydrogen-bond acceptors (Lipinski definition) is 5. The molecule has 3 heterocycles. The Kier molecular flexibility index (Phi) is 5.15. The Morgan fingerprint density at radius 2 is 2.08 bits per heavy atom. The summed E-state index contributed by atoms with van der Waals surface area (Å²) >= 11 is 5.87. The number of piperidine rings is 1. The largest absolute Gasteiger partial charge is 0.480 e. The maximum absolute atomic E-state index is 12.5. The Labute approximate surface area is 145 Å². The number of aromatic nitrogens is 2. The highest BCUT2D eigenvalue weighted by molar-refractivity contribution is 6.30. The summed E-state index contributed by atoms with van der Waals surface area (Å²) < 4.78 is 5.16. The van der Waals surface area contributed by atoms with Gasteiger partial charge in [0, 0.05) is 31.4 Å². The molecule has 126 valence electrons. The van der Waals surface area contributed by atoms with Crippen molar-refractivity contribution < 1.29 is 9.53 Å². The van der Waals surface area contributed by atoms with Crippen LogP contribution in [0.4, 0.5) is 11.5 Å². The number of nitrogens with zero attached hydrogens (tertiary/aromatic N) is 3. The Morgan fingerprint density at radius 3 is 2.75 bits per heavy atom. The molecule has 2 aromatic rings. The third kappa shape index (κ3) is 3.76. The van der Waals surface area contributed by atoms with Crippen molar-refractivity contribution in [1.82, 2.24) is 9.97 Å². The summed E-state index contributed by atoms with van der Waals surface area (Å²) in [5.41, 5.74) is 0.604. The first-order chi connectivity index (χ1) is 11.7. The van der Waals surface area contributed by atoms with Crippen molar-refractivity contribution in [2.75, 3.05) is 30.4 Å². The summed E-state index contributed by atoms with van der Waals surface area (Å²) in [7, 11) is 1.54. The van der Waals surface area contributed by atoms with Crippen molar-refractivity contribution >= 4 is 29.0 Å². The normalized spacial score (nSPS) is 15.2. The van der Waals surface area contributed by atoms with Gasteiger partial charge < -0.3 is 15.0 Å². The second-order valence-electron chi connectivity index (χ2n) is 5.65. The third-order valence-corrected chi connectivity index (χ3v) is 4.35. The van der Waals surface area contributed by atoms with E-state index in [9.17, 15) is 4.79 Å². The minimum atomic E-state index is -0.0292. The molecule has 1 N–H and O–H groups in total. The molecule has 3 rings (SSSR count). The average Bonchev–Trinajstić information content (AvgIpc) is 2.63. The summed E-state index contributed by atoms with van der Waals surface area (Å²) in [5.74, 6) is 1.30. The minimum absolute atomic E-state index is 0.00464. The predicted octanol–water partition coefficient (Wildman–Crippen LogP) is 2.99. The first-order valence-corrected chi connectivity index (χ1v) is 8.21. The number of halogens is 1. The van der Waals surface area contributed by atoms with E-state index in [1.165, 1.54) is 7.11 Å². The number of pyridine rings is 2. The molecule has 6 nitrogen and oxygen atoms in total. The van der Waals surface area contributed by atoms with Crippen molar-refractivity contribution in [3.63, 3.8) is 0 Å². The zero-order valence-corrected chi connectivity index (χ0v) is 14.2. The summed E-state index contributed by atoms with van der Waals surface area (Å²) in [5, 5.41) is 3.54. The van der Waals surface area contributed by atoms with E-state index in [2.05, 4.69) is 20.2 Å². The number of methoxy groups -OCH3 is 1. The predicted molar refractivity (Wildman–Crippen MR) is 93.6 cm³/mol. The van der Waals surface area contributed by atoms with Gasteiger partial charge in [0.1, 0.15) is 11.5 Å². The van der Waals surface area contributed by atoms with Crippen molar-refractivity contribution in [3.8, 4) is 5.88 Å². The zero-order chi connectivity index (χ0) is 16.9. The van der Waals surface area contributed by atoms with Crippen molar-refractivity contribution in [2.45, 2.75) is 12.8 Å². The van der Waals surface area contributed by atoms with Gasteiger partial charge in [-0.05, 0) is 37.1 Å². The molecule has 1 amide bonds. The molecule has 1 aliphatic rings. The van der Waals surface area contributed by atoms with Gasteiger partial charge >= 0.3 is 0 Å². The Hall–Kier alpha value is -2.34. The molecule has 24 heavy (non-hydrogen) atoms. The fraction of sp³-hybridized carbons (Fsp3) is 0.353. The molecule has 2 aromatic heterocycles. The van der Waals surface area contributed by atoms with Crippen LogP contribution in [0.5, 0.6) is 5.88 Å². The SMILES string of the molecule is COc1ncccc1NC(=O)C1CCN(c2ccc(Cl)cn2)CC1. The molecule has 0 aromatic carbocycles. The van der Waals surface area contributed by atoms with Crippen LogP contribution in [-0.4, -0.2) is 36.1 Å². The zero-order valence-electron chi connectivity index (χ0n) is 13.4. The van der Waals surface area contributed by atoms with Crippen LogP contribution >= 0.6 is 11.6 Å². The van der Waals surface area contributed by atoms with E-state index in [0.717, 1.165) is 31.7 Å². The smallest absolute Gasteiger partial charge is 0.237 e. The number of carbonyl (C=O) groups excluding carboxylic acids is 1. The fourth-order valence-corrected chi connectivity index (χ4v) is 2.92. The Morgan fingerprint density at radius 1 is 1.29 bits per heavy atom. The van der Waals surface area contributed by atoms with Gasteiger partial charge in [0.2, 0.25) is 11.8 Å². The van der Waals surface area contributed by atoms with E-state index < -0.39 is 0 Å². The van der Waals surface area contributed by atoms with Gasteiger partial charge in [-0.15, -0.1) is 0 Å². The summed E-state index contributed by atoms with van der Waals surface area (Å²) in [6.07, 6.45) is 4.83. The molecule has 0 unspecified atom stereocenters. The van der Waals surface area contributed by atoms with E-state index in [4.69, 9.17) is 16.3 Å². The number of amides is 1. The van der Waals surface area contributed by atoms with E-state index >= 15 is 0 Å². The maximum Gasteiger partial charge on any atom is 0.237 e. The number of nitrogens with one attached hydrogen (secondary N) is 1. The lowest BCUT2D eigenvalue weighted by Crippen LogP contribution is -2.38. The molecule has 0 radical (unpaired) electrons. The van der Waals surface area contributed by atoms with Crippen LogP contribution < -0.4 is 15.0 Å². The number of rotatable bonds is 4. The molecule has 7 heteroatoms. The number of carbonyl (C=O) groups is 1. The lowest BCUT2D eigenvalue weighted by Gasteiger charge is -2.32. The summed E-state index contributed by atoms with van der Waals surface area (Å²) in [6.45, 7) is 1.58. The molecular formula is C17H19ClN4O2. The van der Waals surface area contributed by atoms with Crippen molar-refractivity contribution in [1.29, 1.82) is 0 Å². The molecule has 0 saturated carbocycles. The van der Waals surface area contributed by atoms with E-state index in [1.807, 2.05) is 12.1 Å². The number of ether oxygens (including phenoxy) is 1. The van der Waals surface area contributed by atoms with Gasteiger partial charge in [-0.2, -0.15) is 0 Å². The van der Waals surface area contributed by atoms with Gasteiger partial charge in [0.15, 0.2) is 0 Å². The quantitative estimate of drug-likeness (QED) is 0.921. The topological polar surface area (TPSA) is 67.3 Å². The first kappa shape index (κ1) is 16.5. The average molecular weight is 347 g/mol. The van der Waals surface area contributed by atoms with Crippen molar-refractivity contribution in [3.05, 3.63) is 41.7 Å². The Bertz CT molecular complexity index is 700. The molecule has 1 aliphatic heterocycles. The molecule has 0 atom stereocenters. The van der Waals surface area contributed by atoms with Crippen molar-refractivity contribution in [2.24, 2.45) is 5.92 Å². The highest BCUT2D eigenvalue weighted by atomic mass is 35.5. The standard InChI is InChI=1S/C17H19ClN4O2/c1-24-17-14(3-2-8-19-17)21-16(23)12-6-9-22(10-7-12)15-5-4-13(18)11-20-15/h2-5,8,11-12H,6-7,9-10H2,1H3,(H,21,23). The molecule has 1 saturated heterocycles. The fourth-order valence-electron chi connectivity index (χ4n) is 2.81. The summed E-state index contributed by atoms with van der Waals surface area (Å²) in [4.78, 5) is 23.1. The molecule has 0 spiro atoms. The third-order valence-electron chi connectivity index (χ3n) is 4.12. The van der Waals surface area contributed by atoms with Gasteiger partial charge in [-0.25, -0.2) is 9.97 Å². The highest BCUT2D eigenvalue weighted by Crippen LogP contribution is 2.25. The second-order valence-corrected chi connectivity index (χ2v) is 6.08. The van der Waals surface area contributed by atoms with Gasteiger partial charge in [-0.1, -0.05) is 11.6 Å². The molecule has 1 fully saturated rings.